The van der Waals surface area contributed by atoms with Gasteiger partial charge < -0.3 is 30.5 Å². The summed E-state index contributed by atoms with van der Waals surface area (Å²) in [7, 11) is 0. The van der Waals surface area contributed by atoms with Crippen molar-refractivity contribution in [2.24, 2.45) is 0 Å². The molecule has 0 spiro atoms. The van der Waals surface area contributed by atoms with E-state index in [0.717, 1.165) is 22.3 Å². The van der Waals surface area contributed by atoms with Crippen LogP contribution in [-0.2, 0) is 23.9 Å². The highest BCUT2D eigenvalue weighted by Gasteiger charge is 2.29. The van der Waals surface area contributed by atoms with E-state index in [1.165, 1.54) is 13.8 Å². The molecule has 2 atom stereocenters. The predicted molar refractivity (Wildman–Crippen MR) is 122 cm³/mol. The molecule has 0 bridgehead atoms. The van der Waals surface area contributed by atoms with Crippen molar-refractivity contribution < 1.29 is 33.8 Å². The highest BCUT2D eigenvalue weighted by atomic mass is 16.5. The summed E-state index contributed by atoms with van der Waals surface area (Å²) in [6.45, 7) is 2.17. The fraction of sp³-hybridized carbons (Fsp3) is 0.333. The third-order valence-corrected chi connectivity index (χ3v) is 5.40. The molecule has 2 aromatic carbocycles. The zero-order valence-corrected chi connectivity index (χ0v) is 18.9. The Balaban J connectivity index is 1.46. The van der Waals surface area contributed by atoms with Crippen molar-refractivity contribution in [2.75, 3.05) is 19.9 Å². The Morgan fingerprint density at radius 1 is 0.882 bits per heavy atom. The van der Waals surface area contributed by atoms with Gasteiger partial charge in [-0.3, -0.25) is 9.59 Å². The average Bonchev–Trinajstić information content (AvgIpc) is 3.13. The number of ether oxygens (including phenoxy) is 2. The third-order valence-electron chi connectivity index (χ3n) is 5.40. The van der Waals surface area contributed by atoms with E-state index in [-0.39, 0.29) is 19.3 Å². The summed E-state index contributed by atoms with van der Waals surface area (Å²) in [6, 6.07) is 14.0. The number of aliphatic carboxylic acids is 1. The lowest BCUT2D eigenvalue weighted by molar-refractivity contribution is -0.143. The Morgan fingerprint density at radius 3 is 2.03 bits per heavy atom. The van der Waals surface area contributed by atoms with Gasteiger partial charge in [-0.25, -0.2) is 9.59 Å². The zero-order chi connectivity index (χ0) is 24.7. The molecule has 0 heterocycles. The van der Waals surface area contributed by atoms with Crippen LogP contribution in [-0.4, -0.2) is 61.0 Å². The first-order chi connectivity index (χ1) is 16.3. The number of carboxylic acid groups (broad SMARTS) is 1. The quantitative estimate of drug-likeness (QED) is 0.306. The summed E-state index contributed by atoms with van der Waals surface area (Å²) >= 11 is 0. The van der Waals surface area contributed by atoms with Crippen molar-refractivity contribution in [3.05, 3.63) is 59.7 Å². The number of carbonyl (C=O) groups excluding carboxylic acids is 3. The van der Waals surface area contributed by atoms with Crippen LogP contribution in [0.2, 0.25) is 0 Å². The minimum atomic E-state index is -1.16. The molecule has 1 aliphatic rings. The van der Waals surface area contributed by atoms with Crippen LogP contribution in [0, 0.1) is 0 Å². The van der Waals surface area contributed by atoms with Gasteiger partial charge in [-0.15, -0.1) is 0 Å². The van der Waals surface area contributed by atoms with Crippen LogP contribution in [0.15, 0.2) is 48.5 Å². The molecule has 0 saturated heterocycles. The smallest absolute Gasteiger partial charge is 0.407 e. The Hall–Kier alpha value is -3.92. The lowest BCUT2D eigenvalue weighted by atomic mass is 9.98. The number of carboxylic acids is 1. The van der Waals surface area contributed by atoms with Gasteiger partial charge in [-0.2, -0.15) is 0 Å². The molecule has 0 aromatic heterocycles. The number of carbonyl (C=O) groups is 4. The molecule has 2 aromatic rings. The number of nitrogens with one attached hydrogen (secondary N) is 3. The minimum absolute atomic E-state index is 0.102. The molecule has 0 aliphatic heterocycles. The molecule has 180 valence electrons. The van der Waals surface area contributed by atoms with Gasteiger partial charge in [0.15, 0.2) is 0 Å². The summed E-state index contributed by atoms with van der Waals surface area (Å²) in [5.41, 5.74) is 4.38. The Kier molecular flexibility index (Phi) is 8.20. The van der Waals surface area contributed by atoms with Crippen LogP contribution in [0.5, 0.6) is 0 Å². The van der Waals surface area contributed by atoms with Crippen molar-refractivity contribution >= 4 is 23.9 Å². The number of fused-ring (bicyclic) bond motifs is 3. The second-order valence-electron chi connectivity index (χ2n) is 7.85. The maximum absolute atomic E-state index is 12.3. The normalized spacial score (nSPS) is 13.7. The number of hydrogen-bond donors (Lipinski definition) is 4. The third kappa shape index (κ3) is 6.10. The summed E-state index contributed by atoms with van der Waals surface area (Å²) in [5.74, 6) is -2.41. The summed E-state index contributed by atoms with van der Waals surface area (Å²) in [5, 5.41) is 15.8. The van der Waals surface area contributed by atoms with Gasteiger partial charge in [-0.1, -0.05) is 48.5 Å². The largest absolute Gasteiger partial charge is 0.480 e. The van der Waals surface area contributed by atoms with E-state index < -0.39 is 42.6 Å². The van der Waals surface area contributed by atoms with Gasteiger partial charge in [-0.05, 0) is 36.1 Å². The van der Waals surface area contributed by atoms with Crippen molar-refractivity contribution in [3.8, 4) is 11.1 Å². The Bertz CT molecular complexity index is 1030. The Labute approximate surface area is 196 Å². The molecule has 34 heavy (non-hydrogen) atoms. The first-order valence-corrected chi connectivity index (χ1v) is 10.8. The van der Waals surface area contributed by atoms with E-state index in [4.69, 9.17) is 14.6 Å². The fourth-order valence-corrected chi connectivity index (χ4v) is 3.70. The van der Waals surface area contributed by atoms with E-state index >= 15 is 0 Å². The zero-order valence-electron chi connectivity index (χ0n) is 18.9. The Morgan fingerprint density at radius 2 is 1.44 bits per heavy atom. The van der Waals surface area contributed by atoms with Crippen molar-refractivity contribution in [1.82, 2.24) is 16.0 Å². The second-order valence-corrected chi connectivity index (χ2v) is 7.85. The number of rotatable bonds is 10. The van der Waals surface area contributed by atoms with E-state index in [1.54, 1.807) is 0 Å². The van der Waals surface area contributed by atoms with E-state index in [0.29, 0.717) is 0 Å². The van der Waals surface area contributed by atoms with Crippen molar-refractivity contribution in [1.29, 1.82) is 0 Å². The van der Waals surface area contributed by atoms with Crippen molar-refractivity contribution in [3.63, 3.8) is 0 Å². The summed E-state index contributed by atoms with van der Waals surface area (Å²) in [6.07, 6.45) is -0.747. The predicted octanol–water partition coefficient (Wildman–Crippen LogP) is 1.59. The minimum Gasteiger partial charge on any atom is -0.480 e. The SMILES string of the molecule is C[C@H](NC(=O)OCC1c2ccccc2-c2ccccc21)C(=O)N[C@@H](C)C(=O)NCOCC(=O)O. The fourth-order valence-electron chi connectivity index (χ4n) is 3.70. The monoisotopic (exact) mass is 469 g/mol. The van der Waals surface area contributed by atoms with Crippen LogP contribution < -0.4 is 16.0 Å². The number of benzene rings is 2. The topological polar surface area (TPSA) is 143 Å². The van der Waals surface area contributed by atoms with Crippen LogP contribution >= 0.6 is 0 Å². The molecular weight excluding hydrogens is 442 g/mol. The van der Waals surface area contributed by atoms with Gasteiger partial charge in [0.1, 0.15) is 32.0 Å². The number of amides is 3. The molecule has 0 radical (unpaired) electrons. The molecule has 1 aliphatic carbocycles. The molecule has 10 heteroatoms. The molecule has 0 fully saturated rings. The maximum Gasteiger partial charge on any atom is 0.407 e. The number of alkyl carbamates (subject to hydrolysis) is 1. The molecule has 0 unspecified atom stereocenters. The second kappa shape index (κ2) is 11.3. The van der Waals surface area contributed by atoms with Crippen molar-refractivity contribution in [2.45, 2.75) is 31.8 Å². The van der Waals surface area contributed by atoms with E-state index in [1.807, 2.05) is 48.5 Å². The van der Waals surface area contributed by atoms with Gasteiger partial charge in [0.2, 0.25) is 11.8 Å². The molecular formula is C24H27N3O7. The van der Waals surface area contributed by atoms with Gasteiger partial charge >= 0.3 is 12.1 Å². The molecule has 10 nitrogen and oxygen atoms in total. The number of hydrogen-bond acceptors (Lipinski definition) is 6. The van der Waals surface area contributed by atoms with Gasteiger partial charge in [0, 0.05) is 5.92 Å². The first kappa shape index (κ1) is 24.7. The van der Waals surface area contributed by atoms with Crippen LogP contribution in [0.3, 0.4) is 0 Å². The molecule has 3 rings (SSSR count). The lowest BCUT2D eigenvalue weighted by Gasteiger charge is -2.19. The van der Waals surface area contributed by atoms with Gasteiger partial charge in [0.05, 0.1) is 0 Å². The van der Waals surface area contributed by atoms with Crippen LogP contribution in [0.4, 0.5) is 4.79 Å². The van der Waals surface area contributed by atoms with Crippen LogP contribution in [0.1, 0.15) is 30.9 Å². The summed E-state index contributed by atoms with van der Waals surface area (Å²) in [4.78, 5) is 47.0. The molecule has 4 N–H and O–H groups in total. The van der Waals surface area contributed by atoms with E-state index in [9.17, 15) is 19.2 Å². The molecule has 3 amide bonds. The molecule has 0 saturated carbocycles. The maximum atomic E-state index is 12.3. The lowest BCUT2D eigenvalue weighted by Crippen LogP contribution is -2.52. The first-order valence-electron chi connectivity index (χ1n) is 10.8. The van der Waals surface area contributed by atoms with Crippen LogP contribution in [0.25, 0.3) is 11.1 Å². The van der Waals surface area contributed by atoms with Gasteiger partial charge in [0.25, 0.3) is 0 Å². The highest BCUT2D eigenvalue weighted by molar-refractivity contribution is 5.90. The average molecular weight is 469 g/mol. The van der Waals surface area contributed by atoms with E-state index in [2.05, 4.69) is 16.0 Å². The summed E-state index contributed by atoms with van der Waals surface area (Å²) < 4.78 is 10.1. The standard InChI is InChI=1S/C24H27N3O7/c1-14(22(30)25-13-33-12-21(28)29)26-23(31)15(2)27-24(32)34-11-20-18-9-5-3-7-16(18)17-8-4-6-10-19(17)20/h3-10,14-15,20H,11-13H2,1-2H3,(H,25,30)(H,26,31)(H,27,32)(H,28,29)/t14-,15-/m0/s1. The highest BCUT2D eigenvalue weighted by Crippen LogP contribution is 2.44.